The molecule has 1 aliphatic heterocycles. The van der Waals surface area contributed by atoms with Gasteiger partial charge < -0.3 is 14.8 Å². The lowest BCUT2D eigenvalue weighted by Crippen LogP contribution is -2.41. The van der Waals surface area contributed by atoms with Crippen molar-refractivity contribution in [1.29, 1.82) is 0 Å². The van der Waals surface area contributed by atoms with Gasteiger partial charge in [-0.3, -0.25) is 0 Å². The molecule has 0 amide bonds. The molecule has 0 aromatic rings. The molecule has 106 valence electrons. The lowest BCUT2D eigenvalue weighted by Gasteiger charge is -2.35. The predicted molar refractivity (Wildman–Crippen MR) is 73.5 cm³/mol. The van der Waals surface area contributed by atoms with Crippen LogP contribution in [0, 0.1) is 11.8 Å². The molecule has 0 radical (unpaired) electrons. The summed E-state index contributed by atoms with van der Waals surface area (Å²) in [5, 5.41) is 3.66. The molecule has 2 fully saturated rings. The molecule has 18 heavy (non-hydrogen) atoms. The maximum absolute atomic E-state index is 5.61. The number of nitrogens with one attached hydrogen (secondary N) is 1. The summed E-state index contributed by atoms with van der Waals surface area (Å²) in [6.45, 7) is 7.12. The van der Waals surface area contributed by atoms with Crippen molar-refractivity contribution < 1.29 is 9.47 Å². The van der Waals surface area contributed by atoms with Gasteiger partial charge in [0.25, 0.3) is 0 Å². The first-order valence-corrected chi connectivity index (χ1v) is 7.80. The Morgan fingerprint density at radius 1 is 1.17 bits per heavy atom. The van der Waals surface area contributed by atoms with Gasteiger partial charge in [-0.2, -0.15) is 0 Å². The van der Waals surface area contributed by atoms with Gasteiger partial charge in [0.15, 0.2) is 6.29 Å². The lowest BCUT2D eigenvalue weighted by atomic mass is 9.76. The van der Waals surface area contributed by atoms with Gasteiger partial charge in [-0.05, 0) is 31.2 Å². The summed E-state index contributed by atoms with van der Waals surface area (Å²) in [5.41, 5.74) is 0. The van der Waals surface area contributed by atoms with Gasteiger partial charge in [-0.1, -0.05) is 33.1 Å². The van der Waals surface area contributed by atoms with Crippen LogP contribution in [0.15, 0.2) is 0 Å². The molecular weight excluding hydrogens is 226 g/mol. The second kappa shape index (κ2) is 7.46. The summed E-state index contributed by atoms with van der Waals surface area (Å²) in [6.07, 6.45) is 8.00. The van der Waals surface area contributed by atoms with Crippen LogP contribution < -0.4 is 5.32 Å². The van der Waals surface area contributed by atoms with E-state index < -0.39 is 0 Å². The molecule has 2 rings (SSSR count). The first-order valence-electron chi connectivity index (χ1n) is 7.80. The van der Waals surface area contributed by atoms with Crippen LogP contribution >= 0.6 is 0 Å². The molecule has 2 aliphatic rings. The third-order valence-electron chi connectivity index (χ3n) is 4.57. The van der Waals surface area contributed by atoms with Crippen LogP contribution in [0.4, 0.5) is 0 Å². The largest absolute Gasteiger partial charge is 0.350 e. The van der Waals surface area contributed by atoms with Gasteiger partial charge in [0.05, 0.1) is 13.2 Å². The highest BCUT2D eigenvalue weighted by Gasteiger charge is 2.30. The lowest BCUT2D eigenvalue weighted by molar-refractivity contribution is -0.0582. The van der Waals surface area contributed by atoms with Crippen molar-refractivity contribution in [3.63, 3.8) is 0 Å². The second-order valence-electron chi connectivity index (χ2n) is 5.77. The van der Waals surface area contributed by atoms with Gasteiger partial charge in [-0.25, -0.2) is 0 Å². The molecule has 3 nitrogen and oxygen atoms in total. The van der Waals surface area contributed by atoms with E-state index >= 15 is 0 Å². The fourth-order valence-corrected chi connectivity index (χ4v) is 3.52. The topological polar surface area (TPSA) is 30.5 Å². The Labute approximate surface area is 112 Å². The van der Waals surface area contributed by atoms with Crippen molar-refractivity contribution in [2.45, 2.75) is 64.7 Å². The van der Waals surface area contributed by atoms with E-state index in [1.807, 2.05) is 0 Å². The Balaban J connectivity index is 1.86. The SMILES string of the molecule is CCNC(CC1OCCO1)C1CCCC(CC)C1. The summed E-state index contributed by atoms with van der Waals surface area (Å²) in [4.78, 5) is 0. The maximum atomic E-state index is 5.61. The molecule has 3 atom stereocenters. The van der Waals surface area contributed by atoms with E-state index in [4.69, 9.17) is 9.47 Å². The predicted octanol–water partition coefficient (Wildman–Crippen LogP) is 2.94. The molecule has 1 saturated carbocycles. The number of hydrogen-bond donors (Lipinski definition) is 1. The van der Waals surface area contributed by atoms with Crippen LogP contribution in [0.25, 0.3) is 0 Å². The van der Waals surface area contributed by atoms with Gasteiger partial charge in [0.1, 0.15) is 0 Å². The highest BCUT2D eigenvalue weighted by Crippen LogP contribution is 2.34. The normalized spacial score (nSPS) is 31.7. The highest BCUT2D eigenvalue weighted by molar-refractivity contribution is 4.83. The smallest absolute Gasteiger partial charge is 0.159 e. The van der Waals surface area contributed by atoms with E-state index in [0.29, 0.717) is 6.04 Å². The monoisotopic (exact) mass is 255 g/mol. The number of ether oxygens (including phenoxy) is 2. The Morgan fingerprint density at radius 3 is 2.61 bits per heavy atom. The van der Waals surface area contributed by atoms with Crippen LogP contribution in [-0.2, 0) is 9.47 Å². The van der Waals surface area contributed by atoms with Gasteiger partial charge in [-0.15, -0.1) is 0 Å². The van der Waals surface area contributed by atoms with Gasteiger partial charge >= 0.3 is 0 Å². The highest BCUT2D eigenvalue weighted by atomic mass is 16.7. The average Bonchev–Trinajstić information content (AvgIpc) is 2.91. The summed E-state index contributed by atoms with van der Waals surface area (Å²) < 4.78 is 11.2. The quantitative estimate of drug-likeness (QED) is 0.791. The van der Waals surface area contributed by atoms with E-state index in [0.717, 1.165) is 38.0 Å². The van der Waals surface area contributed by atoms with Crippen LogP contribution in [-0.4, -0.2) is 32.1 Å². The van der Waals surface area contributed by atoms with Crippen molar-refractivity contribution in [2.75, 3.05) is 19.8 Å². The molecule has 0 bridgehead atoms. The molecule has 1 heterocycles. The van der Waals surface area contributed by atoms with Crippen LogP contribution in [0.1, 0.15) is 52.4 Å². The van der Waals surface area contributed by atoms with Crippen molar-refractivity contribution >= 4 is 0 Å². The van der Waals surface area contributed by atoms with Crippen LogP contribution in [0.2, 0.25) is 0 Å². The van der Waals surface area contributed by atoms with Gasteiger partial charge in [0.2, 0.25) is 0 Å². The Hall–Kier alpha value is -0.120. The summed E-state index contributed by atoms with van der Waals surface area (Å²) in [5.74, 6) is 1.76. The number of rotatable bonds is 6. The third kappa shape index (κ3) is 3.94. The van der Waals surface area contributed by atoms with Crippen molar-refractivity contribution in [1.82, 2.24) is 5.32 Å². The molecule has 0 aromatic carbocycles. The fraction of sp³-hybridized carbons (Fsp3) is 1.00. The molecular formula is C15H29NO2. The first-order chi connectivity index (χ1) is 8.83. The minimum Gasteiger partial charge on any atom is -0.350 e. The Bertz CT molecular complexity index is 229. The van der Waals surface area contributed by atoms with E-state index in [1.165, 1.54) is 32.1 Å². The standard InChI is InChI=1S/C15H29NO2/c1-3-12-6-5-7-13(10-12)14(16-4-2)11-15-17-8-9-18-15/h12-16H,3-11H2,1-2H3. The summed E-state index contributed by atoms with van der Waals surface area (Å²) in [7, 11) is 0. The summed E-state index contributed by atoms with van der Waals surface area (Å²) >= 11 is 0. The van der Waals surface area contributed by atoms with E-state index in [1.54, 1.807) is 0 Å². The number of hydrogen-bond acceptors (Lipinski definition) is 3. The first kappa shape index (κ1) is 14.3. The zero-order valence-electron chi connectivity index (χ0n) is 12.0. The molecule has 3 unspecified atom stereocenters. The molecule has 1 saturated heterocycles. The summed E-state index contributed by atoms with van der Waals surface area (Å²) in [6, 6.07) is 0.576. The van der Waals surface area contributed by atoms with E-state index in [-0.39, 0.29) is 6.29 Å². The minimum absolute atomic E-state index is 0.0380. The zero-order valence-corrected chi connectivity index (χ0v) is 12.0. The van der Waals surface area contributed by atoms with Crippen LogP contribution in [0.5, 0.6) is 0 Å². The minimum atomic E-state index is 0.0380. The Kier molecular flexibility index (Phi) is 5.93. The molecule has 1 N–H and O–H groups in total. The molecule has 3 heteroatoms. The van der Waals surface area contributed by atoms with Gasteiger partial charge in [0, 0.05) is 12.5 Å². The van der Waals surface area contributed by atoms with E-state index in [2.05, 4.69) is 19.2 Å². The zero-order chi connectivity index (χ0) is 12.8. The average molecular weight is 255 g/mol. The van der Waals surface area contributed by atoms with Crippen molar-refractivity contribution in [2.24, 2.45) is 11.8 Å². The fourth-order valence-electron chi connectivity index (χ4n) is 3.52. The molecule has 1 aliphatic carbocycles. The third-order valence-corrected chi connectivity index (χ3v) is 4.57. The van der Waals surface area contributed by atoms with Crippen molar-refractivity contribution in [3.8, 4) is 0 Å². The van der Waals surface area contributed by atoms with Crippen molar-refractivity contribution in [3.05, 3.63) is 0 Å². The Morgan fingerprint density at radius 2 is 1.94 bits per heavy atom. The van der Waals surface area contributed by atoms with E-state index in [9.17, 15) is 0 Å². The van der Waals surface area contributed by atoms with Crippen LogP contribution in [0.3, 0.4) is 0 Å². The maximum Gasteiger partial charge on any atom is 0.159 e. The second-order valence-corrected chi connectivity index (χ2v) is 5.77. The molecule has 0 aromatic heterocycles. The molecule has 0 spiro atoms.